The average molecular weight is 366 g/mol. The Morgan fingerprint density at radius 2 is 0.846 bits per heavy atom. The topological polar surface area (TPSA) is 12.0 Å². The van der Waals surface area contributed by atoms with Gasteiger partial charge in [-0.15, -0.1) is 0 Å². The molecule has 1 N–H and O–H groups in total. The Bertz CT molecular complexity index is 257. The maximum absolute atomic E-state index is 3.74. The van der Waals surface area contributed by atoms with Crippen LogP contribution in [0.15, 0.2) is 0 Å². The summed E-state index contributed by atoms with van der Waals surface area (Å²) in [5.41, 5.74) is 0. The molecule has 0 heterocycles. The fraction of sp³-hybridized carbons (Fsp3) is 1.00. The predicted molar refractivity (Wildman–Crippen MR) is 119 cm³/mol. The first-order chi connectivity index (χ1) is 12.9. The molecule has 1 saturated carbocycles. The number of hydrogen-bond acceptors (Lipinski definition) is 1. The zero-order chi connectivity index (χ0) is 18.5. The van der Waals surface area contributed by atoms with Crippen LogP contribution in [0, 0.1) is 0 Å². The quantitative estimate of drug-likeness (QED) is 0.213. The van der Waals surface area contributed by atoms with Crippen molar-refractivity contribution in [2.45, 2.75) is 154 Å². The van der Waals surface area contributed by atoms with Crippen molar-refractivity contribution in [2.24, 2.45) is 0 Å². The van der Waals surface area contributed by atoms with Gasteiger partial charge in [-0.05, 0) is 25.8 Å². The minimum Gasteiger partial charge on any atom is -0.314 e. The zero-order valence-electron chi connectivity index (χ0n) is 18.3. The molecule has 0 bridgehead atoms. The second kappa shape index (κ2) is 19.7. The van der Waals surface area contributed by atoms with Gasteiger partial charge in [-0.2, -0.15) is 0 Å². The first-order valence-corrected chi connectivity index (χ1v) is 12.7. The molecule has 0 aliphatic heterocycles. The highest BCUT2D eigenvalue weighted by Crippen LogP contribution is 2.18. The van der Waals surface area contributed by atoms with Gasteiger partial charge >= 0.3 is 0 Å². The van der Waals surface area contributed by atoms with Crippen LogP contribution in [0.3, 0.4) is 0 Å². The van der Waals surface area contributed by atoms with E-state index in [2.05, 4.69) is 12.2 Å². The molecule has 0 amide bonds. The highest BCUT2D eigenvalue weighted by atomic mass is 14.9. The molecule has 0 unspecified atom stereocenters. The van der Waals surface area contributed by atoms with Gasteiger partial charge < -0.3 is 5.32 Å². The monoisotopic (exact) mass is 365 g/mol. The summed E-state index contributed by atoms with van der Waals surface area (Å²) in [6, 6.07) is 0.862. The highest BCUT2D eigenvalue weighted by Gasteiger charge is 2.12. The van der Waals surface area contributed by atoms with Crippen LogP contribution in [-0.4, -0.2) is 12.6 Å². The van der Waals surface area contributed by atoms with E-state index in [1.165, 1.54) is 148 Å². The van der Waals surface area contributed by atoms with Crippen molar-refractivity contribution in [3.8, 4) is 0 Å². The van der Waals surface area contributed by atoms with Crippen LogP contribution >= 0.6 is 0 Å². The highest BCUT2D eigenvalue weighted by molar-refractivity contribution is 4.73. The molecule has 0 atom stereocenters. The molecule has 1 nitrogen and oxygen atoms in total. The summed E-state index contributed by atoms with van der Waals surface area (Å²) < 4.78 is 0. The lowest BCUT2D eigenvalue weighted by atomic mass is 10.0. The van der Waals surface area contributed by atoms with Gasteiger partial charge in [0, 0.05) is 6.04 Å². The third-order valence-electron chi connectivity index (χ3n) is 6.32. The molecule has 1 rings (SSSR count). The second-order valence-corrected chi connectivity index (χ2v) is 8.95. The van der Waals surface area contributed by atoms with Crippen molar-refractivity contribution in [3.63, 3.8) is 0 Å². The molecule has 26 heavy (non-hydrogen) atoms. The maximum Gasteiger partial charge on any atom is 0.00670 e. The van der Waals surface area contributed by atoms with Crippen LogP contribution < -0.4 is 5.32 Å². The number of rotatable bonds is 20. The molecule has 1 heteroatoms. The maximum atomic E-state index is 3.74. The molecule has 156 valence electrons. The van der Waals surface area contributed by atoms with Gasteiger partial charge in [0.25, 0.3) is 0 Å². The van der Waals surface area contributed by atoms with Crippen molar-refractivity contribution >= 4 is 0 Å². The molecular formula is C25H51N. The Kier molecular flexibility index (Phi) is 18.2. The van der Waals surface area contributed by atoms with Gasteiger partial charge in [-0.1, -0.05) is 129 Å². The van der Waals surface area contributed by atoms with E-state index < -0.39 is 0 Å². The molecule has 1 aliphatic carbocycles. The van der Waals surface area contributed by atoms with Gasteiger partial charge in [0.15, 0.2) is 0 Å². The van der Waals surface area contributed by atoms with E-state index in [-0.39, 0.29) is 0 Å². The smallest absolute Gasteiger partial charge is 0.00670 e. The summed E-state index contributed by atoms with van der Waals surface area (Å²) in [7, 11) is 0. The molecule has 0 spiro atoms. The summed E-state index contributed by atoms with van der Waals surface area (Å²) in [4.78, 5) is 0. The third-order valence-corrected chi connectivity index (χ3v) is 6.32. The van der Waals surface area contributed by atoms with Crippen molar-refractivity contribution in [3.05, 3.63) is 0 Å². The minimum atomic E-state index is 0.862. The number of nitrogens with one attached hydrogen (secondary N) is 1. The SMILES string of the molecule is CCCCCCCCCCCCCCCCCCCCNC1CCCC1. The van der Waals surface area contributed by atoms with Gasteiger partial charge in [0.1, 0.15) is 0 Å². The Balaban J connectivity index is 1.62. The van der Waals surface area contributed by atoms with Crippen molar-refractivity contribution in [1.82, 2.24) is 5.32 Å². The van der Waals surface area contributed by atoms with Crippen LogP contribution in [0.5, 0.6) is 0 Å². The first-order valence-electron chi connectivity index (χ1n) is 12.7. The number of unbranched alkanes of at least 4 members (excludes halogenated alkanes) is 17. The Hall–Kier alpha value is -0.0400. The standard InChI is InChI=1S/C25H51N/c1-2-3-4-5-6-7-8-9-10-11-12-13-14-15-16-17-18-21-24-26-25-22-19-20-23-25/h25-26H,2-24H2,1H3. The van der Waals surface area contributed by atoms with E-state index in [0.717, 1.165) is 6.04 Å². The van der Waals surface area contributed by atoms with Crippen LogP contribution in [-0.2, 0) is 0 Å². The summed E-state index contributed by atoms with van der Waals surface area (Å²) in [5, 5.41) is 3.74. The van der Waals surface area contributed by atoms with Crippen LogP contribution in [0.1, 0.15) is 148 Å². The lowest BCUT2D eigenvalue weighted by molar-refractivity contribution is 0.492. The molecule has 1 fully saturated rings. The lowest BCUT2D eigenvalue weighted by Gasteiger charge is -2.11. The lowest BCUT2D eigenvalue weighted by Crippen LogP contribution is -2.26. The van der Waals surface area contributed by atoms with Crippen LogP contribution in [0.25, 0.3) is 0 Å². The predicted octanol–water partition coefficient (Wildman–Crippen LogP) is 8.56. The first kappa shape index (κ1) is 24.0. The summed E-state index contributed by atoms with van der Waals surface area (Å²) in [6.45, 7) is 3.57. The van der Waals surface area contributed by atoms with Crippen molar-refractivity contribution in [1.29, 1.82) is 0 Å². The van der Waals surface area contributed by atoms with E-state index >= 15 is 0 Å². The Morgan fingerprint density at radius 1 is 0.500 bits per heavy atom. The zero-order valence-corrected chi connectivity index (χ0v) is 18.3. The van der Waals surface area contributed by atoms with Gasteiger partial charge in [-0.25, -0.2) is 0 Å². The summed E-state index contributed by atoms with van der Waals surface area (Å²) in [6.07, 6.45) is 32.2. The van der Waals surface area contributed by atoms with Gasteiger partial charge in [-0.3, -0.25) is 0 Å². The molecule has 0 radical (unpaired) electrons. The van der Waals surface area contributed by atoms with Crippen LogP contribution in [0.2, 0.25) is 0 Å². The van der Waals surface area contributed by atoms with Crippen molar-refractivity contribution in [2.75, 3.05) is 6.54 Å². The fourth-order valence-corrected chi connectivity index (χ4v) is 4.46. The van der Waals surface area contributed by atoms with Crippen LogP contribution in [0.4, 0.5) is 0 Å². The largest absolute Gasteiger partial charge is 0.314 e. The number of hydrogen-bond donors (Lipinski definition) is 1. The Morgan fingerprint density at radius 3 is 1.23 bits per heavy atom. The molecule has 0 aromatic carbocycles. The van der Waals surface area contributed by atoms with Crippen molar-refractivity contribution < 1.29 is 0 Å². The molecule has 1 aliphatic rings. The average Bonchev–Trinajstić information content (AvgIpc) is 3.17. The minimum absolute atomic E-state index is 0.862. The molecular weight excluding hydrogens is 314 g/mol. The molecule has 0 aromatic heterocycles. The molecule has 0 saturated heterocycles. The molecule has 0 aromatic rings. The third kappa shape index (κ3) is 16.2. The Labute approximate surface area is 166 Å². The van der Waals surface area contributed by atoms with E-state index in [1.54, 1.807) is 0 Å². The summed E-state index contributed by atoms with van der Waals surface area (Å²) >= 11 is 0. The van der Waals surface area contributed by atoms with E-state index in [1.807, 2.05) is 0 Å². The van der Waals surface area contributed by atoms with E-state index in [4.69, 9.17) is 0 Å². The fourth-order valence-electron chi connectivity index (χ4n) is 4.46. The second-order valence-electron chi connectivity index (χ2n) is 8.95. The normalized spacial score (nSPS) is 15.1. The summed E-state index contributed by atoms with van der Waals surface area (Å²) in [5.74, 6) is 0. The van der Waals surface area contributed by atoms with E-state index in [0.29, 0.717) is 0 Å². The van der Waals surface area contributed by atoms with Gasteiger partial charge in [0.05, 0.1) is 0 Å². The van der Waals surface area contributed by atoms with E-state index in [9.17, 15) is 0 Å². The van der Waals surface area contributed by atoms with Gasteiger partial charge in [0.2, 0.25) is 0 Å².